The summed E-state index contributed by atoms with van der Waals surface area (Å²) < 4.78 is 47.2. The zero-order chi connectivity index (χ0) is 47.6. The van der Waals surface area contributed by atoms with Crippen molar-refractivity contribution < 1.29 is 37.0 Å². The zero-order valence-electron chi connectivity index (χ0n) is 41.9. The van der Waals surface area contributed by atoms with Crippen LogP contribution in [0.1, 0.15) is 204 Å². The molecule has 4 rings (SSSR count). The molecule has 368 valence electrons. The number of aryl methyl sites for hydroxylation is 4. The molecule has 0 saturated carbocycles. The van der Waals surface area contributed by atoms with Crippen LogP contribution >= 0.6 is 15.6 Å². The van der Waals surface area contributed by atoms with Crippen molar-refractivity contribution in [2.24, 2.45) is 0 Å². The van der Waals surface area contributed by atoms with Gasteiger partial charge in [0.25, 0.3) is 0 Å². The molecule has 67 heavy (non-hydrogen) atoms. The standard InChI is InChI=1S/2C28H43O4P.Ca/c2*1-3-5-7-9-11-13-19-25-21-15-17-23-27(25)31-33(29,30)32-28-24-18-16-22-26(28)20-14-12-10-8-6-4-2;/h2*15-18,21-24H,3-14,19-20H2,1-2H3,(H,29,30);/q;;+2/p-2. The number of phosphoric acid groups is 2. The van der Waals surface area contributed by atoms with Crippen LogP contribution in [0.15, 0.2) is 97.1 Å². The van der Waals surface area contributed by atoms with Crippen LogP contribution in [-0.4, -0.2) is 37.7 Å². The zero-order valence-corrected chi connectivity index (χ0v) is 45.9. The number of benzene rings is 4. The van der Waals surface area contributed by atoms with Gasteiger partial charge in [-0.2, -0.15) is 0 Å². The summed E-state index contributed by atoms with van der Waals surface area (Å²) in [6.07, 6.45) is 31.8. The van der Waals surface area contributed by atoms with Gasteiger partial charge in [-0.15, -0.1) is 0 Å². The molecule has 0 fully saturated rings. The topological polar surface area (TPSA) is 117 Å². The summed E-state index contributed by atoms with van der Waals surface area (Å²) >= 11 is 0. The Kier molecular flexibility index (Phi) is 34.1. The molecule has 0 heterocycles. The Hall–Kier alpha value is -2.28. The van der Waals surface area contributed by atoms with Crippen molar-refractivity contribution in [3.63, 3.8) is 0 Å². The van der Waals surface area contributed by atoms with Gasteiger partial charge >= 0.3 is 53.4 Å². The first-order valence-electron chi connectivity index (χ1n) is 25.8. The Morgan fingerprint density at radius 1 is 0.313 bits per heavy atom. The maximum atomic E-state index is 12.8. The second-order valence-corrected chi connectivity index (χ2v) is 20.3. The second-order valence-electron chi connectivity index (χ2n) is 17.8. The minimum Gasteiger partial charge on any atom is -0.736 e. The predicted molar refractivity (Wildman–Crippen MR) is 278 cm³/mol. The monoisotopic (exact) mass is 987 g/mol. The fourth-order valence-corrected chi connectivity index (χ4v) is 9.85. The van der Waals surface area contributed by atoms with Gasteiger partial charge in [0.05, 0.1) is 0 Å². The molecule has 0 radical (unpaired) electrons. The molecule has 4 aromatic rings. The first kappa shape index (κ1) is 60.8. The average molecular weight is 987 g/mol. The quantitative estimate of drug-likeness (QED) is 0.0251. The number of para-hydroxylation sites is 4. The Labute approximate surface area is 437 Å². The molecular weight excluding hydrogens is 903 g/mol. The van der Waals surface area contributed by atoms with Crippen molar-refractivity contribution in [2.75, 3.05) is 0 Å². The van der Waals surface area contributed by atoms with Crippen LogP contribution in [0.3, 0.4) is 0 Å². The summed E-state index contributed by atoms with van der Waals surface area (Å²) in [4.78, 5) is 25.5. The Bertz CT molecular complexity index is 1690. The molecule has 8 nitrogen and oxygen atoms in total. The fourth-order valence-electron chi connectivity index (χ4n) is 8.10. The van der Waals surface area contributed by atoms with Crippen LogP contribution in [0.4, 0.5) is 0 Å². The molecule has 0 aliphatic heterocycles. The van der Waals surface area contributed by atoms with Gasteiger partial charge in [0.1, 0.15) is 23.0 Å². The molecule has 0 N–H and O–H groups in total. The van der Waals surface area contributed by atoms with Gasteiger partial charge < -0.3 is 27.9 Å². The molecule has 0 aliphatic rings. The third-order valence-corrected chi connectivity index (χ3v) is 13.6. The number of hydrogen-bond donors (Lipinski definition) is 0. The summed E-state index contributed by atoms with van der Waals surface area (Å²) in [5, 5.41) is 0. The van der Waals surface area contributed by atoms with E-state index >= 15 is 0 Å². The van der Waals surface area contributed by atoms with Crippen LogP contribution in [0.2, 0.25) is 0 Å². The molecule has 4 aromatic carbocycles. The van der Waals surface area contributed by atoms with Crippen LogP contribution in [0.5, 0.6) is 23.0 Å². The van der Waals surface area contributed by atoms with Crippen LogP contribution in [0, 0.1) is 0 Å². The van der Waals surface area contributed by atoms with Crippen molar-refractivity contribution in [3.8, 4) is 23.0 Å². The number of unbranched alkanes of at least 4 members (excludes halogenated alkanes) is 20. The molecule has 0 aromatic heterocycles. The van der Waals surface area contributed by atoms with Crippen LogP contribution in [0.25, 0.3) is 0 Å². The van der Waals surface area contributed by atoms with Crippen molar-refractivity contribution in [2.45, 2.75) is 207 Å². The molecule has 11 heteroatoms. The van der Waals surface area contributed by atoms with E-state index in [-0.39, 0.29) is 37.7 Å². The van der Waals surface area contributed by atoms with Gasteiger partial charge in [0.2, 0.25) is 0 Å². The van der Waals surface area contributed by atoms with Crippen molar-refractivity contribution >= 4 is 53.4 Å². The minimum atomic E-state index is -4.55. The van der Waals surface area contributed by atoms with Crippen molar-refractivity contribution in [1.82, 2.24) is 0 Å². The summed E-state index contributed by atoms with van der Waals surface area (Å²) in [6.45, 7) is 8.85. The van der Waals surface area contributed by atoms with E-state index in [1.165, 1.54) is 103 Å². The maximum Gasteiger partial charge on any atom is 2.00 e. The van der Waals surface area contributed by atoms with E-state index in [1.807, 2.05) is 48.5 Å². The molecule has 0 atom stereocenters. The Balaban J connectivity index is 0.000000453. The molecule has 0 spiro atoms. The second kappa shape index (κ2) is 37.5. The summed E-state index contributed by atoms with van der Waals surface area (Å²) in [6, 6.07) is 29.5. The van der Waals surface area contributed by atoms with Crippen LogP contribution < -0.4 is 27.9 Å². The van der Waals surface area contributed by atoms with E-state index < -0.39 is 15.6 Å². The predicted octanol–water partition coefficient (Wildman–Crippen LogP) is 16.5. The fraction of sp³-hybridized carbons (Fsp3) is 0.571. The maximum absolute atomic E-state index is 12.8. The third-order valence-electron chi connectivity index (χ3n) is 11.9. The van der Waals surface area contributed by atoms with Gasteiger partial charge in [-0.3, -0.25) is 0 Å². The van der Waals surface area contributed by atoms with Crippen LogP contribution in [-0.2, 0) is 34.8 Å². The van der Waals surface area contributed by atoms with Gasteiger partial charge in [0, 0.05) is 0 Å². The Morgan fingerprint density at radius 3 is 0.701 bits per heavy atom. The van der Waals surface area contributed by atoms with Gasteiger partial charge in [0.15, 0.2) is 0 Å². The van der Waals surface area contributed by atoms with Gasteiger partial charge in [-0.05, 0) is 97.9 Å². The van der Waals surface area contributed by atoms with E-state index in [9.17, 15) is 18.9 Å². The van der Waals surface area contributed by atoms with E-state index in [2.05, 4.69) is 27.7 Å². The Morgan fingerprint density at radius 2 is 0.493 bits per heavy atom. The SMILES string of the molecule is CCCCCCCCc1ccccc1OP(=O)([O-])Oc1ccccc1CCCCCCCC.CCCCCCCCc1ccccc1OP(=O)([O-])Oc1ccccc1CCCCCCCC.[Ca+2]. The van der Waals surface area contributed by atoms with E-state index in [0.717, 1.165) is 99.3 Å². The van der Waals surface area contributed by atoms with Gasteiger partial charge in [-0.1, -0.05) is 229 Å². The molecule has 0 unspecified atom stereocenters. The number of phosphoric ester groups is 2. The molecule has 0 aliphatic carbocycles. The van der Waals surface area contributed by atoms with E-state index in [1.54, 1.807) is 48.5 Å². The number of rotatable bonds is 36. The molecule has 0 amide bonds. The smallest absolute Gasteiger partial charge is 0.736 e. The summed E-state index contributed by atoms with van der Waals surface area (Å²) in [5.74, 6) is 1.49. The number of hydrogen-bond acceptors (Lipinski definition) is 8. The first-order valence-corrected chi connectivity index (χ1v) is 28.8. The minimum absolute atomic E-state index is 0. The van der Waals surface area contributed by atoms with E-state index in [0.29, 0.717) is 23.0 Å². The largest absolute Gasteiger partial charge is 2.00 e. The molecular formula is C56H84CaO8P2. The molecule has 0 bridgehead atoms. The summed E-state index contributed by atoms with van der Waals surface area (Å²) in [5.41, 5.74) is 3.64. The molecule has 0 saturated heterocycles. The van der Waals surface area contributed by atoms with Gasteiger partial charge in [-0.25, -0.2) is 9.13 Å². The van der Waals surface area contributed by atoms with Crippen molar-refractivity contribution in [3.05, 3.63) is 119 Å². The average Bonchev–Trinajstić information content (AvgIpc) is 3.30. The summed E-state index contributed by atoms with van der Waals surface area (Å²) in [7, 11) is -9.10. The van der Waals surface area contributed by atoms with E-state index in [4.69, 9.17) is 18.1 Å². The third kappa shape index (κ3) is 27.6. The normalized spacial score (nSPS) is 11.3. The first-order chi connectivity index (χ1) is 32.1. The van der Waals surface area contributed by atoms with Crippen molar-refractivity contribution in [1.29, 1.82) is 0 Å².